The Morgan fingerprint density at radius 1 is 1.31 bits per heavy atom. The van der Waals surface area contributed by atoms with Gasteiger partial charge >= 0.3 is 0 Å². The molecule has 0 radical (unpaired) electrons. The van der Waals surface area contributed by atoms with Crippen LogP contribution in [0.5, 0.6) is 0 Å². The van der Waals surface area contributed by atoms with Gasteiger partial charge in [0, 0.05) is 29.2 Å². The molecule has 16 heavy (non-hydrogen) atoms. The number of aromatic amines is 1. The molecule has 1 aliphatic carbocycles. The molecule has 0 aliphatic heterocycles. The van der Waals surface area contributed by atoms with Crippen molar-refractivity contribution in [2.45, 2.75) is 39.3 Å². The van der Waals surface area contributed by atoms with Crippen LogP contribution >= 0.6 is 0 Å². The van der Waals surface area contributed by atoms with E-state index in [2.05, 4.69) is 42.3 Å². The quantitative estimate of drug-likeness (QED) is 0.807. The minimum atomic E-state index is 0.772. The van der Waals surface area contributed by atoms with Crippen molar-refractivity contribution in [2.75, 3.05) is 0 Å². The zero-order chi connectivity index (χ0) is 11.1. The van der Waals surface area contributed by atoms with E-state index in [1.807, 2.05) is 0 Å². The highest BCUT2D eigenvalue weighted by atomic mass is 14.9. The Balaban J connectivity index is 2.00. The molecule has 0 unspecified atom stereocenters. The van der Waals surface area contributed by atoms with Gasteiger partial charge in [-0.2, -0.15) is 0 Å². The molecule has 2 N–H and O–H groups in total. The summed E-state index contributed by atoms with van der Waals surface area (Å²) in [6.45, 7) is 5.33. The fourth-order valence-corrected chi connectivity index (χ4v) is 2.31. The lowest BCUT2D eigenvalue weighted by molar-refractivity contribution is 0.688. The molecule has 1 heterocycles. The van der Waals surface area contributed by atoms with Crippen LogP contribution in [0.25, 0.3) is 10.9 Å². The first-order valence-electron chi connectivity index (χ1n) is 6.06. The van der Waals surface area contributed by atoms with Crippen molar-refractivity contribution in [1.82, 2.24) is 10.3 Å². The SMILES string of the molecule is Cc1[nH]c2c(C)cccc2c1CNC1CC1. The van der Waals surface area contributed by atoms with Gasteiger partial charge in [-0.25, -0.2) is 0 Å². The van der Waals surface area contributed by atoms with Crippen LogP contribution in [0.1, 0.15) is 29.7 Å². The molecule has 2 aromatic rings. The highest BCUT2D eigenvalue weighted by molar-refractivity contribution is 5.87. The molecule has 2 nitrogen and oxygen atoms in total. The van der Waals surface area contributed by atoms with Gasteiger partial charge in [0.25, 0.3) is 0 Å². The van der Waals surface area contributed by atoms with Crippen LogP contribution in [0, 0.1) is 13.8 Å². The summed E-state index contributed by atoms with van der Waals surface area (Å²) < 4.78 is 0. The highest BCUT2D eigenvalue weighted by Gasteiger charge is 2.21. The molecule has 0 bridgehead atoms. The van der Waals surface area contributed by atoms with E-state index in [0.29, 0.717) is 0 Å². The normalized spacial score (nSPS) is 15.9. The van der Waals surface area contributed by atoms with Crippen molar-refractivity contribution in [3.8, 4) is 0 Å². The number of fused-ring (bicyclic) bond motifs is 1. The fraction of sp³-hybridized carbons (Fsp3) is 0.429. The van der Waals surface area contributed by atoms with Crippen LogP contribution < -0.4 is 5.32 Å². The summed E-state index contributed by atoms with van der Waals surface area (Å²) >= 11 is 0. The summed E-state index contributed by atoms with van der Waals surface area (Å²) in [6, 6.07) is 7.30. The molecule has 84 valence electrons. The van der Waals surface area contributed by atoms with Gasteiger partial charge < -0.3 is 10.3 Å². The van der Waals surface area contributed by atoms with E-state index >= 15 is 0 Å². The maximum atomic E-state index is 3.59. The number of aromatic nitrogens is 1. The largest absolute Gasteiger partial charge is 0.358 e. The van der Waals surface area contributed by atoms with Crippen molar-refractivity contribution in [3.05, 3.63) is 35.0 Å². The van der Waals surface area contributed by atoms with Crippen LogP contribution in [-0.2, 0) is 6.54 Å². The molecule has 1 aliphatic rings. The maximum absolute atomic E-state index is 3.59. The Labute approximate surface area is 96.1 Å². The van der Waals surface area contributed by atoms with Gasteiger partial charge in [0.05, 0.1) is 0 Å². The first-order valence-corrected chi connectivity index (χ1v) is 6.06. The van der Waals surface area contributed by atoms with E-state index in [0.717, 1.165) is 12.6 Å². The van der Waals surface area contributed by atoms with Gasteiger partial charge in [-0.3, -0.25) is 0 Å². The Kier molecular flexibility index (Phi) is 2.25. The number of nitrogens with one attached hydrogen (secondary N) is 2. The lowest BCUT2D eigenvalue weighted by atomic mass is 10.1. The van der Waals surface area contributed by atoms with E-state index in [1.165, 1.54) is 40.6 Å². The van der Waals surface area contributed by atoms with Crippen molar-refractivity contribution < 1.29 is 0 Å². The monoisotopic (exact) mass is 214 g/mol. The van der Waals surface area contributed by atoms with Gasteiger partial charge in [0.2, 0.25) is 0 Å². The standard InChI is InChI=1S/C14H18N2/c1-9-4-3-5-12-13(8-15-11-6-7-11)10(2)16-14(9)12/h3-5,11,15-16H,6-8H2,1-2H3. The van der Waals surface area contributed by atoms with Crippen molar-refractivity contribution in [2.24, 2.45) is 0 Å². The maximum Gasteiger partial charge on any atom is 0.0489 e. The van der Waals surface area contributed by atoms with Gasteiger partial charge in [0.15, 0.2) is 0 Å². The predicted octanol–water partition coefficient (Wildman–Crippen LogP) is 3.04. The van der Waals surface area contributed by atoms with Gasteiger partial charge in [-0.05, 0) is 37.8 Å². The molecule has 1 fully saturated rings. The number of hydrogen-bond donors (Lipinski definition) is 2. The minimum Gasteiger partial charge on any atom is -0.358 e. The second kappa shape index (κ2) is 3.63. The Morgan fingerprint density at radius 3 is 2.88 bits per heavy atom. The number of hydrogen-bond acceptors (Lipinski definition) is 1. The Hall–Kier alpha value is -1.28. The van der Waals surface area contributed by atoms with Crippen molar-refractivity contribution in [3.63, 3.8) is 0 Å². The Morgan fingerprint density at radius 2 is 2.12 bits per heavy atom. The lowest BCUT2D eigenvalue weighted by Crippen LogP contribution is -2.15. The molecular weight excluding hydrogens is 196 g/mol. The zero-order valence-corrected chi connectivity index (χ0v) is 9.93. The number of benzene rings is 1. The lowest BCUT2D eigenvalue weighted by Gasteiger charge is -2.03. The van der Waals surface area contributed by atoms with E-state index in [4.69, 9.17) is 0 Å². The van der Waals surface area contributed by atoms with E-state index in [-0.39, 0.29) is 0 Å². The van der Waals surface area contributed by atoms with Crippen molar-refractivity contribution in [1.29, 1.82) is 0 Å². The first-order chi connectivity index (χ1) is 7.75. The van der Waals surface area contributed by atoms with Crippen LogP contribution in [-0.4, -0.2) is 11.0 Å². The second-order valence-corrected chi connectivity index (χ2v) is 4.88. The summed E-state index contributed by atoms with van der Waals surface area (Å²) in [7, 11) is 0. The molecule has 3 rings (SSSR count). The minimum absolute atomic E-state index is 0.772. The number of H-pyrrole nitrogens is 1. The molecule has 1 saturated carbocycles. The summed E-state index contributed by atoms with van der Waals surface area (Å²) in [6.07, 6.45) is 2.70. The molecule has 0 spiro atoms. The van der Waals surface area contributed by atoms with Gasteiger partial charge in [-0.1, -0.05) is 18.2 Å². The fourth-order valence-electron chi connectivity index (χ4n) is 2.31. The van der Waals surface area contributed by atoms with Gasteiger partial charge in [0.1, 0.15) is 0 Å². The summed E-state index contributed by atoms with van der Waals surface area (Å²) in [5.41, 5.74) is 5.37. The summed E-state index contributed by atoms with van der Waals surface area (Å²) in [5.74, 6) is 0. The van der Waals surface area contributed by atoms with E-state index in [1.54, 1.807) is 0 Å². The first kappa shape index (κ1) is 9.91. The van der Waals surface area contributed by atoms with Crippen LogP contribution in [0.2, 0.25) is 0 Å². The predicted molar refractivity (Wildman–Crippen MR) is 67.6 cm³/mol. The van der Waals surface area contributed by atoms with E-state index in [9.17, 15) is 0 Å². The third kappa shape index (κ3) is 1.63. The molecule has 1 aromatic carbocycles. The van der Waals surface area contributed by atoms with Crippen LogP contribution in [0.4, 0.5) is 0 Å². The average molecular weight is 214 g/mol. The molecule has 1 aromatic heterocycles. The van der Waals surface area contributed by atoms with Crippen LogP contribution in [0.3, 0.4) is 0 Å². The number of rotatable bonds is 3. The summed E-state index contributed by atoms with van der Waals surface area (Å²) in [4.78, 5) is 3.50. The number of para-hydroxylation sites is 1. The zero-order valence-electron chi connectivity index (χ0n) is 9.93. The van der Waals surface area contributed by atoms with Crippen molar-refractivity contribution >= 4 is 10.9 Å². The average Bonchev–Trinajstić information content (AvgIpc) is 3.02. The molecule has 0 atom stereocenters. The van der Waals surface area contributed by atoms with Gasteiger partial charge in [-0.15, -0.1) is 0 Å². The molecule has 0 saturated heterocycles. The van der Waals surface area contributed by atoms with Crippen LogP contribution in [0.15, 0.2) is 18.2 Å². The topological polar surface area (TPSA) is 27.8 Å². The van der Waals surface area contributed by atoms with E-state index < -0.39 is 0 Å². The highest BCUT2D eigenvalue weighted by Crippen LogP contribution is 2.26. The molecule has 0 amide bonds. The Bertz CT molecular complexity index is 521. The number of aryl methyl sites for hydroxylation is 2. The second-order valence-electron chi connectivity index (χ2n) is 4.88. The molecule has 2 heteroatoms. The summed E-state index contributed by atoms with van der Waals surface area (Å²) in [5, 5.41) is 4.97. The smallest absolute Gasteiger partial charge is 0.0489 e. The molecular formula is C14H18N2. The third-order valence-corrected chi connectivity index (χ3v) is 3.51. The third-order valence-electron chi connectivity index (χ3n) is 3.51.